The average molecular weight is 239 g/mol. The number of nitrogens with one attached hydrogen (secondary N) is 1. The van der Waals surface area contributed by atoms with Gasteiger partial charge in [-0.05, 0) is 47.2 Å². The van der Waals surface area contributed by atoms with Crippen molar-refractivity contribution in [2.45, 2.75) is 38.0 Å². The zero-order valence-electron chi connectivity index (χ0n) is 11.1. The zero-order valence-corrected chi connectivity index (χ0v) is 11.1. The van der Waals surface area contributed by atoms with Crippen molar-refractivity contribution in [3.63, 3.8) is 0 Å². The molecule has 2 aromatic carbocycles. The minimum Gasteiger partial charge on any atom is -0.388 e. The molecule has 0 unspecified atom stereocenters. The molecule has 1 aliphatic carbocycles. The Balaban J connectivity index is 2.05. The van der Waals surface area contributed by atoms with Crippen LogP contribution in [0.2, 0.25) is 0 Å². The Labute approximate surface area is 109 Å². The van der Waals surface area contributed by atoms with E-state index in [-0.39, 0.29) is 0 Å². The molecule has 0 aromatic heterocycles. The van der Waals surface area contributed by atoms with Crippen LogP contribution in [0.5, 0.6) is 0 Å². The van der Waals surface area contributed by atoms with Crippen LogP contribution in [-0.4, -0.2) is 7.05 Å². The Morgan fingerprint density at radius 2 is 1.83 bits per heavy atom. The van der Waals surface area contributed by atoms with Crippen LogP contribution in [-0.2, 0) is 0 Å². The summed E-state index contributed by atoms with van der Waals surface area (Å²) < 4.78 is 0. The van der Waals surface area contributed by atoms with Crippen molar-refractivity contribution >= 4 is 16.5 Å². The molecule has 1 fully saturated rings. The van der Waals surface area contributed by atoms with E-state index in [1.54, 1.807) is 5.56 Å². The fourth-order valence-electron chi connectivity index (χ4n) is 3.23. The molecule has 18 heavy (non-hydrogen) atoms. The van der Waals surface area contributed by atoms with E-state index in [1.807, 2.05) is 7.05 Å². The van der Waals surface area contributed by atoms with Crippen molar-refractivity contribution in [2.75, 3.05) is 12.4 Å². The molecular weight excluding hydrogens is 218 g/mol. The summed E-state index contributed by atoms with van der Waals surface area (Å²) in [7, 11) is 1.98. The van der Waals surface area contributed by atoms with Gasteiger partial charge in [0.1, 0.15) is 0 Å². The first-order valence-electron chi connectivity index (χ1n) is 7.09. The standard InChI is InChI=1S/C17H21N/c1-18-15-10-11-17-14(12-15)8-5-9-16(17)13-6-3-2-4-7-13/h5,8-13,18H,2-4,6-7H2,1H3. The highest BCUT2D eigenvalue weighted by atomic mass is 14.8. The Bertz CT molecular complexity index is 538. The van der Waals surface area contributed by atoms with E-state index in [9.17, 15) is 0 Å². The van der Waals surface area contributed by atoms with Crippen molar-refractivity contribution in [1.82, 2.24) is 0 Å². The maximum Gasteiger partial charge on any atom is 0.0343 e. The number of rotatable bonds is 2. The molecule has 3 rings (SSSR count). The van der Waals surface area contributed by atoms with Gasteiger partial charge in [0.25, 0.3) is 0 Å². The summed E-state index contributed by atoms with van der Waals surface area (Å²) in [6.07, 6.45) is 6.95. The van der Waals surface area contributed by atoms with Crippen LogP contribution in [0.4, 0.5) is 5.69 Å². The quantitative estimate of drug-likeness (QED) is 0.783. The van der Waals surface area contributed by atoms with Gasteiger partial charge in [0.05, 0.1) is 0 Å². The van der Waals surface area contributed by atoms with Gasteiger partial charge in [-0.25, -0.2) is 0 Å². The second kappa shape index (κ2) is 5.01. The predicted molar refractivity (Wildman–Crippen MR) is 79.3 cm³/mol. The second-order valence-electron chi connectivity index (χ2n) is 5.37. The number of anilines is 1. The highest BCUT2D eigenvalue weighted by molar-refractivity contribution is 5.89. The molecule has 1 N–H and O–H groups in total. The topological polar surface area (TPSA) is 12.0 Å². The first-order chi connectivity index (χ1) is 8.88. The van der Waals surface area contributed by atoms with Gasteiger partial charge in [-0.1, -0.05) is 43.5 Å². The lowest BCUT2D eigenvalue weighted by molar-refractivity contribution is 0.445. The molecule has 0 heterocycles. The summed E-state index contributed by atoms with van der Waals surface area (Å²) in [4.78, 5) is 0. The fourth-order valence-corrected chi connectivity index (χ4v) is 3.23. The van der Waals surface area contributed by atoms with E-state index < -0.39 is 0 Å². The van der Waals surface area contributed by atoms with Crippen LogP contribution in [0, 0.1) is 0 Å². The van der Waals surface area contributed by atoms with E-state index in [1.165, 1.54) is 48.6 Å². The van der Waals surface area contributed by atoms with Gasteiger partial charge in [0.15, 0.2) is 0 Å². The summed E-state index contributed by atoms with van der Waals surface area (Å²) in [5.74, 6) is 0.780. The van der Waals surface area contributed by atoms with Crippen molar-refractivity contribution in [3.05, 3.63) is 42.0 Å². The molecule has 1 aliphatic rings. The molecule has 1 saturated carbocycles. The maximum atomic E-state index is 3.22. The monoisotopic (exact) mass is 239 g/mol. The normalized spacial score (nSPS) is 16.9. The maximum absolute atomic E-state index is 3.22. The summed E-state index contributed by atoms with van der Waals surface area (Å²) >= 11 is 0. The van der Waals surface area contributed by atoms with Gasteiger partial charge in [0, 0.05) is 12.7 Å². The number of hydrogen-bond donors (Lipinski definition) is 1. The summed E-state index contributed by atoms with van der Waals surface area (Å²) in [6, 6.07) is 13.5. The minimum absolute atomic E-state index is 0.780. The SMILES string of the molecule is CNc1ccc2c(C3CCCCC3)cccc2c1. The Hall–Kier alpha value is -1.50. The third kappa shape index (κ3) is 2.10. The minimum atomic E-state index is 0.780. The summed E-state index contributed by atoms with van der Waals surface area (Å²) in [6.45, 7) is 0. The lowest BCUT2D eigenvalue weighted by atomic mass is 9.82. The van der Waals surface area contributed by atoms with E-state index in [0.29, 0.717) is 0 Å². The van der Waals surface area contributed by atoms with Gasteiger partial charge >= 0.3 is 0 Å². The second-order valence-corrected chi connectivity index (χ2v) is 5.37. The van der Waals surface area contributed by atoms with Crippen molar-refractivity contribution in [3.8, 4) is 0 Å². The third-order valence-electron chi connectivity index (χ3n) is 4.25. The highest BCUT2D eigenvalue weighted by Gasteiger charge is 2.17. The Morgan fingerprint density at radius 3 is 2.61 bits per heavy atom. The van der Waals surface area contributed by atoms with Gasteiger partial charge in [-0.2, -0.15) is 0 Å². The lowest BCUT2D eigenvalue weighted by Crippen LogP contribution is -2.05. The van der Waals surface area contributed by atoms with Gasteiger partial charge < -0.3 is 5.32 Å². The lowest BCUT2D eigenvalue weighted by Gasteiger charge is -2.23. The number of benzene rings is 2. The Kier molecular flexibility index (Phi) is 3.22. The number of fused-ring (bicyclic) bond motifs is 1. The van der Waals surface area contributed by atoms with Crippen molar-refractivity contribution < 1.29 is 0 Å². The smallest absolute Gasteiger partial charge is 0.0343 e. The van der Waals surface area contributed by atoms with Crippen molar-refractivity contribution in [2.24, 2.45) is 0 Å². The molecule has 0 aliphatic heterocycles. The van der Waals surface area contributed by atoms with Crippen LogP contribution < -0.4 is 5.32 Å². The summed E-state index contributed by atoms with van der Waals surface area (Å²) in [5, 5.41) is 6.03. The molecule has 0 bridgehead atoms. The fraction of sp³-hybridized carbons (Fsp3) is 0.412. The van der Waals surface area contributed by atoms with Crippen LogP contribution in [0.3, 0.4) is 0 Å². The predicted octanol–water partition coefficient (Wildman–Crippen LogP) is 4.93. The average Bonchev–Trinajstić information content (AvgIpc) is 2.47. The van der Waals surface area contributed by atoms with Gasteiger partial charge in [-0.15, -0.1) is 0 Å². The van der Waals surface area contributed by atoms with E-state index in [0.717, 1.165) is 5.92 Å². The molecule has 1 heteroatoms. The van der Waals surface area contributed by atoms with E-state index in [4.69, 9.17) is 0 Å². The van der Waals surface area contributed by atoms with Crippen LogP contribution in [0.1, 0.15) is 43.6 Å². The molecule has 0 amide bonds. The zero-order chi connectivity index (χ0) is 12.4. The van der Waals surface area contributed by atoms with E-state index >= 15 is 0 Å². The van der Waals surface area contributed by atoms with Crippen LogP contribution >= 0.6 is 0 Å². The molecule has 2 aromatic rings. The molecular formula is C17H21N. The number of hydrogen-bond acceptors (Lipinski definition) is 1. The van der Waals surface area contributed by atoms with Crippen LogP contribution in [0.15, 0.2) is 36.4 Å². The molecule has 0 radical (unpaired) electrons. The molecule has 1 nitrogen and oxygen atoms in total. The first kappa shape index (κ1) is 11.6. The van der Waals surface area contributed by atoms with Crippen molar-refractivity contribution in [1.29, 1.82) is 0 Å². The first-order valence-corrected chi connectivity index (χ1v) is 7.09. The molecule has 0 saturated heterocycles. The van der Waals surface area contributed by atoms with E-state index in [2.05, 4.69) is 41.7 Å². The molecule has 0 atom stereocenters. The molecule has 0 spiro atoms. The molecule has 94 valence electrons. The largest absolute Gasteiger partial charge is 0.388 e. The summed E-state index contributed by atoms with van der Waals surface area (Å²) in [5.41, 5.74) is 2.76. The highest BCUT2D eigenvalue weighted by Crippen LogP contribution is 2.36. The van der Waals surface area contributed by atoms with Gasteiger partial charge in [-0.3, -0.25) is 0 Å². The Morgan fingerprint density at radius 1 is 1.00 bits per heavy atom. The van der Waals surface area contributed by atoms with Gasteiger partial charge in [0.2, 0.25) is 0 Å². The third-order valence-corrected chi connectivity index (χ3v) is 4.25. The van der Waals surface area contributed by atoms with Crippen LogP contribution in [0.25, 0.3) is 10.8 Å².